The summed E-state index contributed by atoms with van der Waals surface area (Å²) >= 11 is 6.37. The number of ether oxygens (including phenoxy) is 1. The fourth-order valence-electron chi connectivity index (χ4n) is 5.33. The average molecular weight is 488 g/mol. The number of hydrogen-bond acceptors (Lipinski definition) is 5. The predicted octanol–water partition coefficient (Wildman–Crippen LogP) is 4.26. The fourth-order valence-corrected chi connectivity index (χ4v) is 5.58. The summed E-state index contributed by atoms with van der Waals surface area (Å²) < 4.78 is 5.54. The quantitative estimate of drug-likeness (QED) is 0.413. The molecule has 1 aliphatic carbocycles. The highest BCUT2D eigenvalue weighted by molar-refractivity contribution is 6.32. The first-order valence-electron chi connectivity index (χ1n) is 12.0. The molecule has 1 aromatic carbocycles. The normalized spacial score (nSPS) is 22.2. The fraction of sp³-hybridized carbons (Fsp3) is 0.333. The Kier molecular flexibility index (Phi) is 5.63. The Morgan fingerprint density at radius 3 is 2.94 bits per heavy atom. The molecule has 6 rings (SSSR count). The zero-order valence-electron chi connectivity index (χ0n) is 19.4. The van der Waals surface area contributed by atoms with E-state index < -0.39 is 0 Å². The molecule has 1 saturated carbocycles. The van der Waals surface area contributed by atoms with E-state index in [-0.39, 0.29) is 11.9 Å². The Balaban J connectivity index is 1.44. The van der Waals surface area contributed by atoms with Crippen LogP contribution in [0.5, 0.6) is 5.75 Å². The lowest BCUT2D eigenvalue weighted by atomic mass is 9.80. The van der Waals surface area contributed by atoms with Gasteiger partial charge in [0, 0.05) is 42.7 Å². The molecule has 2 fully saturated rings. The van der Waals surface area contributed by atoms with Crippen LogP contribution in [0.3, 0.4) is 0 Å². The van der Waals surface area contributed by atoms with Crippen molar-refractivity contribution in [2.45, 2.75) is 37.8 Å². The van der Waals surface area contributed by atoms with Crippen molar-refractivity contribution in [3.8, 4) is 28.8 Å². The molecule has 2 aromatic heterocycles. The van der Waals surface area contributed by atoms with Crippen molar-refractivity contribution in [2.75, 3.05) is 19.0 Å². The largest absolute Gasteiger partial charge is 0.493 e. The smallest absolute Gasteiger partial charge is 0.255 e. The molecule has 3 atom stereocenters. The number of aromatic nitrogens is 2. The molecule has 2 aliphatic heterocycles. The van der Waals surface area contributed by atoms with Gasteiger partial charge in [0.05, 0.1) is 46.4 Å². The van der Waals surface area contributed by atoms with E-state index in [0.717, 1.165) is 34.9 Å². The van der Waals surface area contributed by atoms with E-state index in [1.165, 1.54) is 12.8 Å². The summed E-state index contributed by atoms with van der Waals surface area (Å²) in [5, 5.41) is 10.5. The second-order valence-electron chi connectivity index (χ2n) is 9.27. The van der Waals surface area contributed by atoms with Crippen LogP contribution in [0, 0.1) is 17.8 Å². The number of amides is 1. The standard InChI is InChI=1S/C27H26ClN5O2/c1-35-26-19(28)3-2-4-22(26)33-25-23-21(10-12-30-27(23)34)32-24(25)18-9-11-29-14-16(18)5-7-17-13-15-6-8-20(15)31-17/h2-4,9,11,14-15,17,20,31-33H,6,8,10,12-13H2,1H3,(H,30,34)/t15-,17-,20-/m0/s1. The van der Waals surface area contributed by atoms with Gasteiger partial charge in [-0.1, -0.05) is 29.5 Å². The maximum atomic E-state index is 12.9. The summed E-state index contributed by atoms with van der Waals surface area (Å²) in [5.74, 6) is 7.95. The third-order valence-electron chi connectivity index (χ3n) is 7.24. The molecule has 3 aromatic rings. The number of fused-ring (bicyclic) bond motifs is 2. The van der Waals surface area contributed by atoms with Gasteiger partial charge in [0.1, 0.15) is 0 Å². The van der Waals surface area contributed by atoms with Crippen molar-refractivity contribution in [2.24, 2.45) is 5.92 Å². The second-order valence-corrected chi connectivity index (χ2v) is 9.68. The van der Waals surface area contributed by atoms with Crippen LogP contribution in [0.15, 0.2) is 36.7 Å². The number of methoxy groups -OCH3 is 1. The summed E-state index contributed by atoms with van der Waals surface area (Å²) in [5.41, 5.74) is 5.32. The zero-order chi connectivity index (χ0) is 23.9. The lowest BCUT2D eigenvalue weighted by molar-refractivity contribution is 0.0947. The van der Waals surface area contributed by atoms with Gasteiger partial charge in [-0.15, -0.1) is 0 Å². The van der Waals surface area contributed by atoms with E-state index in [1.54, 1.807) is 25.6 Å². The molecule has 35 heavy (non-hydrogen) atoms. The number of halogens is 1. The molecule has 4 heterocycles. The number of H-pyrrole nitrogens is 1. The number of benzene rings is 1. The first-order valence-corrected chi connectivity index (χ1v) is 12.3. The van der Waals surface area contributed by atoms with Crippen molar-refractivity contribution in [3.05, 3.63) is 58.5 Å². The van der Waals surface area contributed by atoms with Gasteiger partial charge in [-0.05, 0) is 43.4 Å². The lowest BCUT2D eigenvalue weighted by Crippen LogP contribution is -2.36. The Morgan fingerprint density at radius 2 is 2.17 bits per heavy atom. The van der Waals surface area contributed by atoms with E-state index in [2.05, 4.69) is 37.8 Å². The van der Waals surface area contributed by atoms with E-state index >= 15 is 0 Å². The molecule has 1 amide bonds. The molecule has 8 heteroatoms. The number of hydrogen-bond donors (Lipinski definition) is 4. The highest BCUT2D eigenvalue weighted by Gasteiger charge is 2.39. The molecular weight excluding hydrogens is 462 g/mol. The highest BCUT2D eigenvalue weighted by Crippen LogP contribution is 2.41. The first kappa shape index (κ1) is 22.0. The topological polar surface area (TPSA) is 91.1 Å². The minimum absolute atomic E-state index is 0.121. The van der Waals surface area contributed by atoms with Crippen LogP contribution in [-0.2, 0) is 6.42 Å². The molecule has 7 nitrogen and oxygen atoms in total. The van der Waals surface area contributed by atoms with Gasteiger partial charge in [-0.25, -0.2) is 0 Å². The number of para-hydroxylation sites is 1. The second kappa shape index (κ2) is 8.95. The van der Waals surface area contributed by atoms with E-state index in [0.29, 0.717) is 46.7 Å². The molecule has 0 unspecified atom stereocenters. The van der Waals surface area contributed by atoms with Crippen LogP contribution < -0.4 is 20.7 Å². The zero-order valence-corrected chi connectivity index (χ0v) is 20.1. The van der Waals surface area contributed by atoms with Crippen LogP contribution in [-0.4, -0.2) is 41.6 Å². The van der Waals surface area contributed by atoms with Gasteiger partial charge < -0.3 is 25.7 Å². The first-order chi connectivity index (χ1) is 17.1. The SMILES string of the molecule is COc1c(Cl)cccc1Nc1c(-c2ccncc2C#C[C@H]2C[C@@H]3CC[C@@H]3N2)[nH]c2c1C(=O)NCC2. The van der Waals surface area contributed by atoms with Crippen molar-refractivity contribution in [1.29, 1.82) is 0 Å². The molecule has 0 bridgehead atoms. The highest BCUT2D eigenvalue weighted by atomic mass is 35.5. The Hall–Kier alpha value is -3.47. The van der Waals surface area contributed by atoms with Gasteiger partial charge in [0.2, 0.25) is 0 Å². The lowest BCUT2D eigenvalue weighted by Gasteiger charge is -2.28. The Bertz CT molecular complexity index is 1360. The molecule has 3 aliphatic rings. The van der Waals surface area contributed by atoms with Crippen LogP contribution in [0.4, 0.5) is 11.4 Å². The van der Waals surface area contributed by atoms with Gasteiger partial charge in [0.25, 0.3) is 5.91 Å². The number of rotatable bonds is 4. The number of carbonyl (C=O) groups excluding carboxylic acids is 1. The Labute approximate surface area is 209 Å². The summed E-state index contributed by atoms with van der Waals surface area (Å²) in [7, 11) is 1.58. The third-order valence-corrected chi connectivity index (χ3v) is 7.54. The van der Waals surface area contributed by atoms with E-state index in [1.807, 2.05) is 18.2 Å². The van der Waals surface area contributed by atoms with Crippen molar-refractivity contribution < 1.29 is 9.53 Å². The van der Waals surface area contributed by atoms with Crippen molar-refractivity contribution in [3.63, 3.8) is 0 Å². The van der Waals surface area contributed by atoms with E-state index in [4.69, 9.17) is 16.3 Å². The predicted molar refractivity (Wildman–Crippen MR) is 136 cm³/mol. The molecular formula is C27H26ClN5O2. The average Bonchev–Trinajstić information content (AvgIpc) is 3.36. The summed E-state index contributed by atoms with van der Waals surface area (Å²) in [6, 6.07) is 8.26. The van der Waals surface area contributed by atoms with Gasteiger partial charge >= 0.3 is 0 Å². The van der Waals surface area contributed by atoms with Crippen LogP contribution in [0.1, 0.15) is 40.9 Å². The summed E-state index contributed by atoms with van der Waals surface area (Å²) in [6.07, 6.45) is 7.90. The molecule has 178 valence electrons. The monoisotopic (exact) mass is 487 g/mol. The molecule has 0 spiro atoms. The van der Waals surface area contributed by atoms with Gasteiger partial charge in [0.15, 0.2) is 5.75 Å². The van der Waals surface area contributed by atoms with Crippen molar-refractivity contribution >= 4 is 28.9 Å². The number of nitrogens with zero attached hydrogens (tertiary/aromatic N) is 1. The molecule has 0 radical (unpaired) electrons. The summed E-state index contributed by atoms with van der Waals surface area (Å²) in [4.78, 5) is 20.8. The maximum Gasteiger partial charge on any atom is 0.255 e. The number of carbonyl (C=O) groups is 1. The Morgan fingerprint density at radius 1 is 1.26 bits per heavy atom. The minimum Gasteiger partial charge on any atom is -0.493 e. The molecule has 4 N–H and O–H groups in total. The number of pyridine rings is 1. The van der Waals surface area contributed by atoms with Gasteiger partial charge in [-0.3, -0.25) is 9.78 Å². The number of nitrogens with one attached hydrogen (secondary N) is 4. The van der Waals surface area contributed by atoms with Crippen molar-refractivity contribution in [1.82, 2.24) is 20.6 Å². The third kappa shape index (κ3) is 3.93. The minimum atomic E-state index is -0.121. The van der Waals surface area contributed by atoms with E-state index in [9.17, 15) is 4.79 Å². The van der Waals surface area contributed by atoms with Gasteiger partial charge in [-0.2, -0.15) is 0 Å². The maximum absolute atomic E-state index is 12.9. The number of aromatic amines is 1. The van der Waals surface area contributed by atoms with Crippen LogP contribution in [0.25, 0.3) is 11.3 Å². The summed E-state index contributed by atoms with van der Waals surface area (Å²) in [6.45, 7) is 0.588. The van der Waals surface area contributed by atoms with Crippen LogP contribution in [0.2, 0.25) is 5.02 Å². The number of anilines is 2. The van der Waals surface area contributed by atoms with Crippen LogP contribution >= 0.6 is 11.6 Å². The molecule has 1 saturated heterocycles.